The molecule has 1 aliphatic rings. The van der Waals surface area contributed by atoms with E-state index in [1.54, 1.807) is 6.20 Å². The summed E-state index contributed by atoms with van der Waals surface area (Å²) in [5, 5.41) is 0.798. The van der Waals surface area contributed by atoms with Crippen molar-refractivity contribution in [2.45, 2.75) is 25.8 Å². The number of rotatable bonds is 3. The Morgan fingerprint density at radius 2 is 2.06 bits per heavy atom. The molecule has 6 heteroatoms. The molecule has 0 N–H and O–H groups in total. The molecule has 0 saturated carbocycles. The van der Waals surface area contributed by atoms with Gasteiger partial charge in [-0.15, -0.1) is 0 Å². The average Bonchev–Trinajstić information content (AvgIpc) is 2.41. The molecule has 0 bridgehead atoms. The first-order valence-electron chi connectivity index (χ1n) is 6.25. The zero-order valence-corrected chi connectivity index (χ0v) is 12.2. The fourth-order valence-corrected chi connectivity index (χ4v) is 2.73. The lowest BCUT2D eigenvalue weighted by Gasteiger charge is -2.37. The third kappa shape index (κ3) is 3.05. The van der Waals surface area contributed by atoms with Gasteiger partial charge in [-0.2, -0.15) is 4.98 Å². The molecule has 0 aromatic carbocycles. The van der Waals surface area contributed by atoms with Crippen molar-refractivity contribution in [1.82, 2.24) is 14.9 Å². The van der Waals surface area contributed by atoms with Gasteiger partial charge in [-0.3, -0.25) is 0 Å². The summed E-state index contributed by atoms with van der Waals surface area (Å²) in [4.78, 5) is 12.7. The summed E-state index contributed by atoms with van der Waals surface area (Å²) in [5.74, 6) is 0.728. The molecule has 1 fully saturated rings. The molecule has 1 saturated heterocycles. The van der Waals surface area contributed by atoms with Gasteiger partial charge in [0.05, 0.1) is 6.20 Å². The van der Waals surface area contributed by atoms with E-state index >= 15 is 0 Å². The number of nitrogens with zero attached hydrogens (tertiary/aromatic N) is 4. The monoisotopic (exact) mass is 288 g/mol. The average molecular weight is 289 g/mol. The van der Waals surface area contributed by atoms with Gasteiger partial charge in [0.25, 0.3) is 0 Å². The first kappa shape index (κ1) is 13.8. The summed E-state index contributed by atoms with van der Waals surface area (Å²) in [6, 6.07) is 0.469. The molecule has 1 aromatic rings. The van der Waals surface area contributed by atoms with Crippen LogP contribution in [0.3, 0.4) is 0 Å². The maximum Gasteiger partial charge on any atom is 0.224 e. The van der Waals surface area contributed by atoms with Crippen molar-refractivity contribution in [3.8, 4) is 0 Å². The second-order valence-corrected chi connectivity index (χ2v) is 5.33. The van der Waals surface area contributed by atoms with Crippen LogP contribution in [0.1, 0.15) is 19.8 Å². The van der Waals surface area contributed by atoms with Crippen LogP contribution in [0.25, 0.3) is 0 Å². The minimum atomic E-state index is 0.243. The largest absolute Gasteiger partial charge is 0.355 e. The summed E-state index contributed by atoms with van der Waals surface area (Å²) in [7, 11) is 2.02. The Bertz CT molecular complexity index is 405. The van der Waals surface area contributed by atoms with Gasteiger partial charge in [0.2, 0.25) is 5.28 Å². The second-order valence-electron chi connectivity index (χ2n) is 4.59. The van der Waals surface area contributed by atoms with E-state index in [4.69, 9.17) is 23.2 Å². The SMILES string of the molecule is CCN1CCC(N(C)c2nc(Cl)ncc2Cl)CC1. The highest BCUT2D eigenvalue weighted by Crippen LogP contribution is 2.27. The topological polar surface area (TPSA) is 32.3 Å². The number of hydrogen-bond donors (Lipinski definition) is 0. The van der Waals surface area contributed by atoms with E-state index in [-0.39, 0.29) is 5.28 Å². The Labute approximate surface area is 118 Å². The van der Waals surface area contributed by atoms with Crippen LogP contribution in [0.4, 0.5) is 5.82 Å². The van der Waals surface area contributed by atoms with Crippen LogP contribution in [0.2, 0.25) is 10.3 Å². The fourth-order valence-electron chi connectivity index (χ4n) is 2.38. The van der Waals surface area contributed by atoms with Crippen molar-refractivity contribution in [2.75, 3.05) is 31.6 Å². The summed E-state index contributed by atoms with van der Waals surface area (Å²) in [5.41, 5.74) is 0. The van der Waals surface area contributed by atoms with E-state index < -0.39 is 0 Å². The van der Waals surface area contributed by atoms with Crippen molar-refractivity contribution in [3.63, 3.8) is 0 Å². The van der Waals surface area contributed by atoms with Gasteiger partial charge < -0.3 is 9.80 Å². The molecule has 1 aromatic heterocycles. The van der Waals surface area contributed by atoms with Crippen LogP contribution in [-0.4, -0.2) is 47.6 Å². The van der Waals surface area contributed by atoms with Crippen molar-refractivity contribution in [2.24, 2.45) is 0 Å². The Balaban J connectivity index is 2.07. The number of likely N-dealkylation sites (tertiary alicyclic amines) is 1. The first-order chi connectivity index (χ1) is 8.61. The van der Waals surface area contributed by atoms with E-state index in [1.807, 2.05) is 7.05 Å². The predicted octanol–water partition coefficient (Wildman–Crippen LogP) is 2.70. The highest BCUT2D eigenvalue weighted by atomic mass is 35.5. The zero-order valence-electron chi connectivity index (χ0n) is 10.7. The quantitative estimate of drug-likeness (QED) is 0.801. The van der Waals surface area contributed by atoms with Gasteiger partial charge in [0.1, 0.15) is 5.02 Å². The lowest BCUT2D eigenvalue weighted by Crippen LogP contribution is -2.43. The van der Waals surface area contributed by atoms with Crippen molar-refractivity contribution in [1.29, 1.82) is 0 Å². The van der Waals surface area contributed by atoms with Crippen LogP contribution < -0.4 is 4.90 Å². The first-order valence-corrected chi connectivity index (χ1v) is 7.00. The molecule has 2 rings (SSSR count). The highest BCUT2D eigenvalue weighted by molar-refractivity contribution is 6.33. The molecule has 0 spiro atoms. The van der Waals surface area contributed by atoms with E-state index in [0.717, 1.165) is 38.3 Å². The van der Waals surface area contributed by atoms with E-state index in [9.17, 15) is 0 Å². The number of hydrogen-bond acceptors (Lipinski definition) is 4. The van der Waals surface area contributed by atoms with Gasteiger partial charge in [0, 0.05) is 26.2 Å². The van der Waals surface area contributed by atoms with Crippen LogP contribution >= 0.6 is 23.2 Å². The van der Waals surface area contributed by atoms with Crippen molar-refractivity contribution in [3.05, 3.63) is 16.5 Å². The minimum Gasteiger partial charge on any atom is -0.355 e. The summed E-state index contributed by atoms with van der Waals surface area (Å²) in [6.07, 6.45) is 3.81. The van der Waals surface area contributed by atoms with Crippen LogP contribution in [0.15, 0.2) is 6.20 Å². The summed E-state index contributed by atoms with van der Waals surface area (Å²) in [6.45, 7) is 5.57. The Hall–Kier alpha value is -0.580. The van der Waals surface area contributed by atoms with Crippen LogP contribution in [0.5, 0.6) is 0 Å². The van der Waals surface area contributed by atoms with Crippen LogP contribution in [0, 0.1) is 0 Å². The van der Waals surface area contributed by atoms with Crippen molar-refractivity contribution >= 4 is 29.0 Å². The molecule has 4 nitrogen and oxygen atoms in total. The molecular weight excluding hydrogens is 271 g/mol. The Morgan fingerprint density at radius 1 is 1.39 bits per heavy atom. The Kier molecular flexibility index (Phi) is 4.65. The molecule has 1 aliphatic heterocycles. The van der Waals surface area contributed by atoms with Crippen molar-refractivity contribution < 1.29 is 0 Å². The molecule has 0 radical (unpaired) electrons. The Morgan fingerprint density at radius 3 is 2.67 bits per heavy atom. The molecule has 18 heavy (non-hydrogen) atoms. The summed E-state index contributed by atoms with van der Waals surface area (Å²) >= 11 is 12.0. The highest BCUT2D eigenvalue weighted by Gasteiger charge is 2.24. The molecule has 0 unspecified atom stereocenters. The number of anilines is 1. The molecule has 0 aliphatic carbocycles. The van der Waals surface area contributed by atoms with Gasteiger partial charge in [0.15, 0.2) is 5.82 Å². The van der Waals surface area contributed by atoms with E-state index in [2.05, 4.69) is 26.7 Å². The van der Waals surface area contributed by atoms with Gasteiger partial charge in [-0.1, -0.05) is 18.5 Å². The molecule has 0 atom stereocenters. The second kappa shape index (κ2) is 6.04. The normalized spacial score (nSPS) is 18.0. The zero-order chi connectivity index (χ0) is 13.1. The molecular formula is C12H18Cl2N4. The lowest BCUT2D eigenvalue weighted by molar-refractivity contribution is 0.220. The maximum atomic E-state index is 6.13. The predicted molar refractivity (Wildman–Crippen MR) is 75.6 cm³/mol. The van der Waals surface area contributed by atoms with E-state index in [1.165, 1.54) is 0 Å². The molecule has 0 amide bonds. The minimum absolute atomic E-state index is 0.243. The molecule has 100 valence electrons. The smallest absolute Gasteiger partial charge is 0.224 e. The summed E-state index contributed by atoms with van der Waals surface area (Å²) < 4.78 is 0. The standard InChI is InChI=1S/C12H18Cl2N4/c1-3-18-6-4-9(5-7-18)17(2)11-10(13)8-15-12(14)16-11/h8-9H,3-7H2,1-2H3. The number of aromatic nitrogens is 2. The maximum absolute atomic E-state index is 6.13. The molecule has 2 heterocycles. The van der Waals surface area contributed by atoms with Crippen LogP contribution in [-0.2, 0) is 0 Å². The fraction of sp³-hybridized carbons (Fsp3) is 0.667. The number of piperidine rings is 1. The number of halogens is 2. The van der Waals surface area contributed by atoms with E-state index in [0.29, 0.717) is 11.1 Å². The lowest BCUT2D eigenvalue weighted by atomic mass is 10.0. The van der Waals surface area contributed by atoms with Gasteiger partial charge >= 0.3 is 0 Å². The van der Waals surface area contributed by atoms with Gasteiger partial charge in [-0.05, 0) is 31.0 Å². The third-order valence-corrected chi connectivity index (χ3v) is 4.03. The third-order valence-electron chi connectivity index (χ3n) is 3.58. The van der Waals surface area contributed by atoms with Gasteiger partial charge in [-0.25, -0.2) is 4.98 Å².